The van der Waals surface area contributed by atoms with Crippen molar-refractivity contribution in [3.63, 3.8) is 0 Å². The summed E-state index contributed by atoms with van der Waals surface area (Å²) in [6.07, 6.45) is 1.60. The summed E-state index contributed by atoms with van der Waals surface area (Å²) in [7, 11) is -0.550. The third-order valence-corrected chi connectivity index (χ3v) is 5.81. The molecule has 0 unspecified atom stereocenters. The van der Waals surface area contributed by atoms with Crippen LogP contribution < -0.4 is 11.0 Å². The predicted molar refractivity (Wildman–Crippen MR) is 122 cm³/mol. The second-order valence-electron chi connectivity index (χ2n) is 9.39. The van der Waals surface area contributed by atoms with Crippen molar-refractivity contribution in [1.29, 1.82) is 0 Å². The largest absolute Gasteiger partial charge is 0.563 e. The van der Waals surface area contributed by atoms with Crippen LogP contribution in [0.25, 0.3) is 16.6 Å². The topological polar surface area (TPSA) is 53.4 Å². The van der Waals surface area contributed by atoms with Gasteiger partial charge in [-0.2, -0.15) is 0 Å². The predicted octanol–water partition coefficient (Wildman–Crippen LogP) is 4.03. The Morgan fingerprint density at radius 1 is 1.17 bits per heavy atom. The van der Waals surface area contributed by atoms with Gasteiger partial charge in [0.1, 0.15) is 11.9 Å². The monoisotopic (exact) mass is 402 g/mol. The van der Waals surface area contributed by atoms with Crippen molar-refractivity contribution in [3.05, 3.63) is 76.5 Å². The van der Waals surface area contributed by atoms with Gasteiger partial charge in [-0.05, 0) is 55.5 Å². The van der Waals surface area contributed by atoms with Crippen LogP contribution in [0.2, 0.25) is 0 Å². The molecular weight excluding hydrogens is 375 g/mol. The van der Waals surface area contributed by atoms with Gasteiger partial charge in [-0.1, -0.05) is 45.5 Å². The highest BCUT2D eigenvalue weighted by molar-refractivity contribution is 6.63. The minimum absolute atomic E-state index is 0.00524. The maximum absolute atomic E-state index is 13.3. The molecule has 2 aromatic carbocycles. The van der Waals surface area contributed by atoms with Gasteiger partial charge in [0, 0.05) is 5.46 Å². The van der Waals surface area contributed by atoms with E-state index in [1.807, 2.05) is 57.2 Å². The van der Waals surface area contributed by atoms with Gasteiger partial charge in [0.25, 0.3) is 5.56 Å². The number of hydrogen-bond acceptors (Lipinski definition) is 4. The van der Waals surface area contributed by atoms with Crippen LogP contribution in [-0.4, -0.2) is 22.3 Å². The van der Waals surface area contributed by atoms with Gasteiger partial charge in [0.15, 0.2) is 0 Å². The van der Waals surface area contributed by atoms with E-state index in [-0.39, 0.29) is 11.0 Å². The Kier molecular flexibility index (Phi) is 4.66. The van der Waals surface area contributed by atoms with Crippen molar-refractivity contribution in [2.75, 3.05) is 0 Å². The lowest BCUT2D eigenvalue weighted by atomic mass is 9.76. The summed E-state index contributed by atoms with van der Waals surface area (Å²) < 4.78 is 13.5. The number of fused-ring (bicyclic) bond motifs is 1. The Balaban J connectivity index is 1.81. The summed E-state index contributed by atoms with van der Waals surface area (Å²) >= 11 is 0. The number of benzene rings is 2. The zero-order chi connectivity index (χ0) is 21.8. The van der Waals surface area contributed by atoms with E-state index in [2.05, 4.69) is 32.3 Å². The average molecular weight is 402 g/mol. The van der Waals surface area contributed by atoms with E-state index < -0.39 is 12.7 Å². The zero-order valence-electron chi connectivity index (χ0n) is 18.4. The highest BCUT2D eigenvalue weighted by Gasteiger charge is 2.43. The van der Waals surface area contributed by atoms with Crippen molar-refractivity contribution < 1.29 is 9.31 Å². The number of nitrogens with zero attached hydrogens (tertiary/aromatic N) is 2. The smallest absolute Gasteiger partial charge is 0.534 e. The quantitative estimate of drug-likeness (QED) is 0.608. The Labute approximate surface area is 177 Å². The molecule has 1 saturated heterocycles. The second-order valence-corrected chi connectivity index (χ2v) is 9.39. The van der Waals surface area contributed by atoms with Crippen LogP contribution in [0.15, 0.2) is 59.9 Å². The van der Waals surface area contributed by atoms with Crippen molar-refractivity contribution in [1.82, 2.24) is 9.55 Å². The van der Waals surface area contributed by atoms with Gasteiger partial charge < -0.3 is 9.31 Å². The highest BCUT2D eigenvalue weighted by atomic mass is 16.7. The average Bonchev–Trinajstić information content (AvgIpc) is 2.94. The summed E-state index contributed by atoms with van der Waals surface area (Å²) in [6.45, 7) is 16.2. The van der Waals surface area contributed by atoms with Gasteiger partial charge in [0.05, 0.1) is 22.3 Å². The van der Waals surface area contributed by atoms with Crippen molar-refractivity contribution in [3.8, 4) is 5.69 Å². The molecule has 1 aliphatic rings. The summed E-state index contributed by atoms with van der Waals surface area (Å²) in [4.78, 5) is 17.9. The second kappa shape index (κ2) is 6.84. The first-order valence-electron chi connectivity index (χ1n) is 10.1. The Morgan fingerprint density at radius 2 is 1.90 bits per heavy atom. The molecule has 1 aromatic heterocycles. The van der Waals surface area contributed by atoms with Gasteiger partial charge in [0.2, 0.25) is 0 Å². The molecule has 6 heteroatoms. The third kappa shape index (κ3) is 3.35. The molecular formula is C24H27BN2O3. The van der Waals surface area contributed by atoms with E-state index >= 15 is 0 Å². The normalized spacial score (nSPS) is 16.2. The van der Waals surface area contributed by atoms with E-state index in [9.17, 15) is 4.79 Å². The maximum Gasteiger partial charge on any atom is 0.563 e. The van der Waals surface area contributed by atoms with Crippen LogP contribution in [0.3, 0.4) is 0 Å². The van der Waals surface area contributed by atoms with Gasteiger partial charge in [-0.25, -0.2) is 4.98 Å². The van der Waals surface area contributed by atoms with E-state index in [0.29, 0.717) is 16.7 Å². The lowest BCUT2D eigenvalue weighted by molar-refractivity contribution is 0.173. The molecule has 0 aliphatic carbocycles. The zero-order valence-corrected chi connectivity index (χ0v) is 18.4. The number of aromatic nitrogens is 2. The molecule has 0 atom stereocenters. The molecule has 0 spiro atoms. The highest BCUT2D eigenvalue weighted by Crippen LogP contribution is 2.30. The summed E-state index contributed by atoms with van der Waals surface area (Å²) in [6, 6.07) is 11.6. The van der Waals surface area contributed by atoms with Crippen LogP contribution in [0, 0.1) is 6.92 Å². The Hall–Kier alpha value is -2.86. The minimum atomic E-state index is -0.556. The summed E-state index contributed by atoms with van der Waals surface area (Å²) in [5.74, 6) is 0.594. The standard InChI is InChI=1S/C24H27BN2O3/c1-15-19(25-29-16(2)24(6,7)30-25)9-8-10-21(15)27-14-26-20-13-17(23(3,4)5)11-12-18(20)22(27)28/h8-14H,2H2,1,3-7H3. The van der Waals surface area contributed by atoms with Crippen molar-refractivity contribution >= 4 is 23.5 Å². The van der Waals surface area contributed by atoms with Crippen LogP contribution >= 0.6 is 0 Å². The molecule has 0 amide bonds. The van der Waals surface area contributed by atoms with Gasteiger partial charge in [-0.15, -0.1) is 0 Å². The van der Waals surface area contributed by atoms with Gasteiger partial charge in [-0.3, -0.25) is 9.36 Å². The SMILES string of the molecule is C=C1OB(c2cccc(-n3cnc4cc(C(C)(C)C)ccc4c3=O)c2C)OC1(C)C. The molecule has 0 radical (unpaired) electrons. The molecule has 154 valence electrons. The summed E-state index contributed by atoms with van der Waals surface area (Å²) in [5.41, 5.74) is 3.73. The van der Waals surface area contributed by atoms with E-state index in [1.165, 1.54) is 0 Å². The summed E-state index contributed by atoms with van der Waals surface area (Å²) in [5, 5.41) is 0.596. The maximum atomic E-state index is 13.3. The van der Waals surface area contributed by atoms with Crippen LogP contribution in [-0.2, 0) is 14.7 Å². The van der Waals surface area contributed by atoms with E-state index in [0.717, 1.165) is 22.3 Å². The molecule has 4 rings (SSSR count). The fourth-order valence-corrected chi connectivity index (χ4v) is 3.67. The Bertz CT molecular complexity index is 1220. The number of rotatable bonds is 2. The van der Waals surface area contributed by atoms with E-state index in [4.69, 9.17) is 9.31 Å². The third-order valence-electron chi connectivity index (χ3n) is 5.81. The number of hydrogen-bond donors (Lipinski definition) is 0. The lowest BCUT2D eigenvalue weighted by Gasteiger charge is -2.19. The fraction of sp³-hybridized carbons (Fsp3) is 0.333. The Morgan fingerprint density at radius 3 is 2.53 bits per heavy atom. The molecule has 0 bridgehead atoms. The molecule has 3 aromatic rings. The van der Waals surface area contributed by atoms with Crippen LogP contribution in [0.1, 0.15) is 45.7 Å². The van der Waals surface area contributed by atoms with Crippen LogP contribution in [0.5, 0.6) is 0 Å². The molecule has 5 nitrogen and oxygen atoms in total. The molecule has 0 N–H and O–H groups in total. The van der Waals surface area contributed by atoms with Crippen LogP contribution in [0.4, 0.5) is 0 Å². The van der Waals surface area contributed by atoms with E-state index in [1.54, 1.807) is 10.9 Å². The molecule has 0 saturated carbocycles. The molecule has 1 fully saturated rings. The lowest BCUT2D eigenvalue weighted by Crippen LogP contribution is -2.37. The minimum Gasteiger partial charge on any atom is -0.534 e. The van der Waals surface area contributed by atoms with Crippen molar-refractivity contribution in [2.45, 2.75) is 52.6 Å². The fourth-order valence-electron chi connectivity index (χ4n) is 3.67. The van der Waals surface area contributed by atoms with Crippen molar-refractivity contribution in [2.24, 2.45) is 0 Å². The van der Waals surface area contributed by atoms with Gasteiger partial charge >= 0.3 is 7.12 Å². The molecule has 1 aliphatic heterocycles. The first kappa shape index (κ1) is 20.4. The molecule has 2 heterocycles. The first-order chi connectivity index (χ1) is 14.0. The first-order valence-corrected chi connectivity index (χ1v) is 10.1. The molecule has 30 heavy (non-hydrogen) atoms.